The number of unbranched alkanes of at least 4 members (excludes halogenated alkanes) is 1. The molecule has 0 unspecified atom stereocenters. The molecule has 0 radical (unpaired) electrons. The number of carbonyl (C=O) groups excluding carboxylic acids is 1. The van der Waals surface area contributed by atoms with Gasteiger partial charge < -0.3 is 10.2 Å². The lowest BCUT2D eigenvalue weighted by Crippen LogP contribution is -2.43. The standard InChI is InChI=1S/C17H30N4O3S/c1-2-3-9-25(23,24)20-12-14-6-7-15(10-14)19-13-17(22)21-8-4-5-16(21)11-18/h14-16,19-20H,2-10,12-13H2,1H3/t14-,15+,16-/m0/s1. The predicted octanol–water partition coefficient (Wildman–Crippen LogP) is 0.979. The molecule has 142 valence electrons. The van der Waals surface area contributed by atoms with Crippen LogP contribution < -0.4 is 10.0 Å². The molecule has 1 amide bonds. The zero-order valence-corrected chi connectivity index (χ0v) is 15.9. The maximum Gasteiger partial charge on any atom is 0.237 e. The van der Waals surface area contributed by atoms with Gasteiger partial charge in [0.2, 0.25) is 15.9 Å². The molecule has 0 aromatic carbocycles. The molecule has 1 aliphatic heterocycles. The summed E-state index contributed by atoms with van der Waals surface area (Å²) in [5, 5.41) is 12.3. The smallest absolute Gasteiger partial charge is 0.237 e. The second-order valence-corrected chi connectivity index (χ2v) is 9.08. The number of hydrogen-bond donors (Lipinski definition) is 2. The fourth-order valence-electron chi connectivity index (χ4n) is 3.63. The van der Waals surface area contributed by atoms with Gasteiger partial charge in [-0.1, -0.05) is 13.3 Å². The Morgan fingerprint density at radius 1 is 1.32 bits per heavy atom. The van der Waals surface area contributed by atoms with E-state index in [2.05, 4.69) is 16.1 Å². The number of nitriles is 1. The molecule has 0 aromatic rings. The van der Waals surface area contributed by atoms with Gasteiger partial charge in [0.15, 0.2) is 0 Å². The Morgan fingerprint density at radius 2 is 2.12 bits per heavy atom. The molecule has 1 saturated heterocycles. The molecule has 2 fully saturated rings. The summed E-state index contributed by atoms with van der Waals surface area (Å²) < 4.78 is 26.4. The van der Waals surface area contributed by atoms with Crippen LogP contribution in [-0.4, -0.2) is 56.7 Å². The van der Waals surface area contributed by atoms with Gasteiger partial charge in [-0.15, -0.1) is 0 Å². The van der Waals surface area contributed by atoms with Crippen LogP contribution in [-0.2, 0) is 14.8 Å². The van der Waals surface area contributed by atoms with Crippen molar-refractivity contribution < 1.29 is 13.2 Å². The summed E-state index contributed by atoms with van der Waals surface area (Å²) in [6.45, 7) is 3.40. The average Bonchev–Trinajstić information content (AvgIpc) is 3.25. The molecule has 2 aliphatic rings. The van der Waals surface area contributed by atoms with E-state index in [1.165, 1.54) is 0 Å². The third-order valence-electron chi connectivity index (χ3n) is 5.16. The summed E-state index contributed by atoms with van der Waals surface area (Å²) in [5.41, 5.74) is 0. The molecule has 0 aromatic heterocycles. The van der Waals surface area contributed by atoms with E-state index in [-0.39, 0.29) is 30.3 Å². The summed E-state index contributed by atoms with van der Waals surface area (Å²) >= 11 is 0. The number of hydrogen-bond acceptors (Lipinski definition) is 5. The van der Waals surface area contributed by atoms with Gasteiger partial charge in [0, 0.05) is 19.1 Å². The van der Waals surface area contributed by atoms with Gasteiger partial charge >= 0.3 is 0 Å². The molecule has 25 heavy (non-hydrogen) atoms. The Hall–Kier alpha value is -1.17. The minimum Gasteiger partial charge on any atom is -0.326 e. The molecule has 0 bridgehead atoms. The van der Waals surface area contributed by atoms with Crippen molar-refractivity contribution in [1.82, 2.24) is 14.9 Å². The van der Waals surface area contributed by atoms with Gasteiger partial charge in [-0.2, -0.15) is 5.26 Å². The molecule has 1 heterocycles. The molecule has 1 aliphatic carbocycles. The van der Waals surface area contributed by atoms with Gasteiger partial charge in [-0.05, 0) is 44.4 Å². The summed E-state index contributed by atoms with van der Waals surface area (Å²) in [6.07, 6.45) is 6.02. The van der Waals surface area contributed by atoms with Crippen molar-refractivity contribution in [1.29, 1.82) is 5.26 Å². The minimum absolute atomic E-state index is 0.00670. The van der Waals surface area contributed by atoms with Crippen molar-refractivity contribution in [3.05, 3.63) is 0 Å². The van der Waals surface area contributed by atoms with Crippen LogP contribution in [0.1, 0.15) is 51.9 Å². The zero-order chi connectivity index (χ0) is 18.3. The van der Waals surface area contributed by atoms with Crippen LogP contribution in [0.4, 0.5) is 0 Å². The van der Waals surface area contributed by atoms with Crippen LogP contribution in [0.2, 0.25) is 0 Å². The van der Waals surface area contributed by atoms with Gasteiger partial charge in [0.25, 0.3) is 0 Å². The first-order chi connectivity index (χ1) is 11.9. The van der Waals surface area contributed by atoms with Crippen LogP contribution in [0.25, 0.3) is 0 Å². The Labute approximate surface area is 151 Å². The molecule has 3 atom stereocenters. The van der Waals surface area contributed by atoms with Crippen LogP contribution in [0, 0.1) is 17.2 Å². The number of likely N-dealkylation sites (tertiary alicyclic amines) is 1. The highest BCUT2D eigenvalue weighted by Gasteiger charge is 2.30. The summed E-state index contributed by atoms with van der Waals surface area (Å²) in [6, 6.07) is 2.16. The van der Waals surface area contributed by atoms with Gasteiger partial charge in [-0.25, -0.2) is 13.1 Å². The van der Waals surface area contributed by atoms with Gasteiger partial charge in [0.1, 0.15) is 6.04 Å². The average molecular weight is 371 g/mol. The van der Waals surface area contributed by atoms with E-state index in [9.17, 15) is 13.2 Å². The SMILES string of the molecule is CCCCS(=O)(=O)NC[C@H]1CC[C@@H](NCC(=O)N2CCC[C@H]2C#N)C1. The summed E-state index contributed by atoms with van der Waals surface area (Å²) in [5.74, 6) is 0.512. The highest BCUT2D eigenvalue weighted by atomic mass is 32.2. The van der Waals surface area contributed by atoms with Gasteiger partial charge in [0.05, 0.1) is 18.4 Å². The van der Waals surface area contributed by atoms with E-state index < -0.39 is 10.0 Å². The van der Waals surface area contributed by atoms with Gasteiger partial charge in [-0.3, -0.25) is 4.79 Å². The lowest BCUT2D eigenvalue weighted by Gasteiger charge is -2.21. The number of sulfonamides is 1. The fourth-order valence-corrected chi connectivity index (χ4v) is 4.93. The molecule has 7 nitrogen and oxygen atoms in total. The lowest BCUT2D eigenvalue weighted by molar-refractivity contribution is -0.130. The van der Waals surface area contributed by atoms with Crippen LogP contribution in [0.5, 0.6) is 0 Å². The highest BCUT2D eigenvalue weighted by molar-refractivity contribution is 7.89. The number of rotatable bonds is 9. The van der Waals surface area contributed by atoms with Crippen molar-refractivity contribution >= 4 is 15.9 Å². The summed E-state index contributed by atoms with van der Waals surface area (Å²) in [4.78, 5) is 13.9. The van der Waals surface area contributed by atoms with E-state index in [1.54, 1.807) is 4.90 Å². The lowest BCUT2D eigenvalue weighted by atomic mass is 10.1. The van der Waals surface area contributed by atoms with Crippen molar-refractivity contribution in [2.24, 2.45) is 5.92 Å². The predicted molar refractivity (Wildman–Crippen MR) is 96.2 cm³/mol. The number of amides is 1. The molecule has 0 spiro atoms. The molecule has 1 saturated carbocycles. The van der Waals surface area contributed by atoms with E-state index in [4.69, 9.17) is 5.26 Å². The van der Waals surface area contributed by atoms with Crippen molar-refractivity contribution in [3.63, 3.8) is 0 Å². The van der Waals surface area contributed by atoms with E-state index >= 15 is 0 Å². The Bertz CT molecular complexity index is 587. The quantitative estimate of drug-likeness (QED) is 0.630. The summed E-state index contributed by atoms with van der Waals surface area (Å²) in [7, 11) is -3.16. The number of nitrogens with zero attached hydrogens (tertiary/aromatic N) is 2. The van der Waals surface area contributed by atoms with E-state index in [0.29, 0.717) is 25.4 Å². The second kappa shape index (κ2) is 9.51. The molecule has 8 heteroatoms. The monoisotopic (exact) mass is 370 g/mol. The van der Waals surface area contributed by atoms with E-state index in [0.717, 1.165) is 38.5 Å². The van der Waals surface area contributed by atoms with Crippen LogP contribution >= 0.6 is 0 Å². The first-order valence-electron chi connectivity index (χ1n) is 9.35. The highest BCUT2D eigenvalue weighted by Crippen LogP contribution is 2.25. The Kier molecular flexibility index (Phi) is 7.66. The maximum absolute atomic E-state index is 12.2. The van der Waals surface area contributed by atoms with E-state index in [1.807, 2.05) is 6.92 Å². The number of carbonyl (C=O) groups is 1. The third-order valence-corrected chi connectivity index (χ3v) is 6.60. The maximum atomic E-state index is 12.2. The fraction of sp³-hybridized carbons (Fsp3) is 0.882. The van der Waals surface area contributed by atoms with Crippen molar-refractivity contribution in [2.45, 2.75) is 64.0 Å². The topological polar surface area (TPSA) is 102 Å². The zero-order valence-electron chi connectivity index (χ0n) is 15.0. The normalized spacial score (nSPS) is 26.7. The Morgan fingerprint density at radius 3 is 2.84 bits per heavy atom. The third kappa shape index (κ3) is 6.24. The first kappa shape index (κ1) is 20.1. The second-order valence-electron chi connectivity index (χ2n) is 7.15. The number of nitrogens with one attached hydrogen (secondary N) is 2. The molecule has 2 N–H and O–H groups in total. The first-order valence-corrected chi connectivity index (χ1v) is 11.0. The van der Waals surface area contributed by atoms with Crippen LogP contribution in [0.15, 0.2) is 0 Å². The Balaban J connectivity index is 1.67. The molecular formula is C17H30N4O3S. The minimum atomic E-state index is -3.16. The molecular weight excluding hydrogens is 340 g/mol. The van der Waals surface area contributed by atoms with Crippen molar-refractivity contribution in [3.8, 4) is 6.07 Å². The largest absolute Gasteiger partial charge is 0.326 e. The van der Waals surface area contributed by atoms with Crippen LogP contribution in [0.3, 0.4) is 0 Å². The van der Waals surface area contributed by atoms with Crippen molar-refractivity contribution in [2.75, 3.05) is 25.4 Å². The molecule has 2 rings (SSSR count).